The fourth-order valence-electron chi connectivity index (χ4n) is 2.49. The van der Waals surface area contributed by atoms with Crippen LogP contribution in [0, 0.1) is 0 Å². The van der Waals surface area contributed by atoms with E-state index in [0.717, 1.165) is 19.4 Å². The van der Waals surface area contributed by atoms with Crippen molar-refractivity contribution in [1.82, 2.24) is 15.1 Å². The van der Waals surface area contributed by atoms with Crippen LogP contribution in [-0.4, -0.2) is 65.2 Å². The summed E-state index contributed by atoms with van der Waals surface area (Å²) in [5.74, 6) is -0.878. The third-order valence-electron chi connectivity index (χ3n) is 3.99. The number of carboxylic acid groups (broad SMARTS) is 1. The average molecular weight is 285 g/mol. The molecule has 6 nitrogen and oxygen atoms in total. The first-order valence-electron chi connectivity index (χ1n) is 7.30. The molecule has 6 heteroatoms. The zero-order chi connectivity index (χ0) is 15.3. The van der Waals surface area contributed by atoms with Crippen molar-refractivity contribution in [1.29, 1.82) is 0 Å². The number of nitrogens with one attached hydrogen (secondary N) is 1. The second-order valence-electron chi connectivity index (χ2n) is 5.93. The van der Waals surface area contributed by atoms with Gasteiger partial charge in [0.05, 0.1) is 6.42 Å². The van der Waals surface area contributed by atoms with Gasteiger partial charge >= 0.3 is 12.0 Å². The Bertz CT molecular complexity index is 347. The lowest BCUT2D eigenvalue weighted by Gasteiger charge is -2.37. The summed E-state index contributed by atoms with van der Waals surface area (Å²) in [5.41, 5.74) is 0. The minimum absolute atomic E-state index is 0.00182. The fourth-order valence-corrected chi connectivity index (χ4v) is 2.49. The number of carbonyl (C=O) groups is 2. The molecule has 1 saturated heterocycles. The molecule has 20 heavy (non-hydrogen) atoms. The number of hydrogen-bond acceptors (Lipinski definition) is 3. The van der Waals surface area contributed by atoms with Crippen LogP contribution in [0.4, 0.5) is 4.79 Å². The monoisotopic (exact) mass is 285 g/mol. The Labute approximate surface area is 121 Å². The summed E-state index contributed by atoms with van der Waals surface area (Å²) in [5, 5.41) is 11.8. The molecule has 0 aromatic heterocycles. The molecule has 0 saturated carbocycles. The van der Waals surface area contributed by atoms with Crippen molar-refractivity contribution in [3.8, 4) is 0 Å². The van der Waals surface area contributed by atoms with Crippen LogP contribution in [0.5, 0.6) is 0 Å². The zero-order valence-electron chi connectivity index (χ0n) is 12.9. The van der Waals surface area contributed by atoms with Crippen LogP contribution < -0.4 is 5.32 Å². The van der Waals surface area contributed by atoms with Crippen LogP contribution in [0.25, 0.3) is 0 Å². The second-order valence-corrected chi connectivity index (χ2v) is 5.93. The van der Waals surface area contributed by atoms with Crippen molar-refractivity contribution in [2.45, 2.75) is 58.2 Å². The molecule has 1 rings (SSSR count). The molecule has 2 atom stereocenters. The van der Waals surface area contributed by atoms with Gasteiger partial charge in [0.2, 0.25) is 0 Å². The Hall–Kier alpha value is -1.30. The summed E-state index contributed by atoms with van der Waals surface area (Å²) in [6, 6.07) is 0.487. The lowest BCUT2D eigenvalue weighted by Crippen LogP contribution is -2.52. The molecular weight excluding hydrogens is 258 g/mol. The first-order valence-corrected chi connectivity index (χ1v) is 7.30. The zero-order valence-corrected chi connectivity index (χ0v) is 12.9. The van der Waals surface area contributed by atoms with E-state index in [0.29, 0.717) is 6.04 Å². The number of nitrogens with zero attached hydrogens (tertiary/aromatic N) is 2. The van der Waals surface area contributed by atoms with Crippen LogP contribution >= 0.6 is 0 Å². The van der Waals surface area contributed by atoms with Crippen molar-refractivity contribution in [2.24, 2.45) is 0 Å². The van der Waals surface area contributed by atoms with Gasteiger partial charge in [-0.2, -0.15) is 0 Å². The Balaban J connectivity index is 2.51. The van der Waals surface area contributed by atoms with E-state index in [4.69, 9.17) is 5.11 Å². The van der Waals surface area contributed by atoms with Gasteiger partial charge in [-0.15, -0.1) is 0 Å². The maximum absolute atomic E-state index is 12.3. The Morgan fingerprint density at radius 2 is 2.10 bits per heavy atom. The predicted molar refractivity (Wildman–Crippen MR) is 77.7 cm³/mol. The van der Waals surface area contributed by atoms with E-state index in [9.17, 15) is 9.59 Å². The number of carboxylic acids is 1. The van der Waals surface area contributed by atoms with E-state index in [1.54, 1.807) is 4.90 Å². The number of hydrogen-bond donors (Lipinski definition) is 2. The largest absolute Gasteiger partial charge is 0.481 e. The fraction of sp³-hybridized carbons (Fsp3) is 0.857. The van der Waals surface area contributed by atoms with Crippen LogP contribution in [0.2, 0.25) is 0 Å². The molecule has 1 aliphatic rings. The normalized spacial score (nSPS) is 23.6. The quantitative estimate of drug-likeness (QED) is 0.800. The molecule has 2 amide bonds. The molecule has 1 heterocycles. The molecule has 0 bridgehead atoms. The van der Waals surface area contributed by atoms with Crippen LogP contribution in [-0.2, 0) is 4.79 Å². The van der Waals surface area contributed by atoms with Crippen LogP contribution in [0.1, 0.15) is 40.0 Å². The number of likely N-dealkylation sites (tertiary alicyclic amines) is 1. The summed E-state index contributed by atoms with van der Waals surface area (Å²) in [6.45, 7) is 7.18. The first-order chi connectivity index (χ1) is 9.31. The molecule has 0 aliphatic carbocycles. The van der Waals surface area contributed by atoms with Gasteiger partial charge < -0.3 is 20.2 Å². The Kier molecular flexibility index (Phi) is 6.26. The number of rotatable bonds is 5. The minimum Gasteiger partial charge on any atom is -0.481 e. The van der Waals surface area contributed by atoms with E-state index in [-0.39, 0.29) is 31.1 Å². The number of urea groups is 1. The highest BCUT2D eigenvalue weighted by molar-refractivity contribution is 5.76. The molecule has 1 aliphatic heterocycles. The number of carbonyl (C=O) groups excluding carboxylic acids is 1. The second kappa shape index (κ2) is 7.47. The summed E-state index contributed by atoms with van der Waals surface area (Å²) >= 11 is 0. The minimum atomic E-state index is -0.878. The van der Waals surface area contributed by atoms with E-state index in [2.05, 4.69) is 24.2 Å². The SMILES string of the molecule is CC1CC(NC(=O)N(CCC(=O)O)C(C)C)CCN1C. The number of piperidine rings is 1. The van der Waals surface area contributed by atoms with E-state index in [1.807, 2.05) is 13.8 Å². The average Bonchev–Trinajstić information content (AvgIpc) is 2.33. The summed E-state index contributed by atoms with van der Waals surface area (Å²) in [6.07, 6.45) is 1.86. The maximum Gasteiger partial charge on any atom is 0.317 e. The highest BCUT2D eigenvalue weighted by Gasteiger charge is 2.26. The predicted octanol–water partition coefficient (Wildman–Crippen LogP) is 1.36. The smallest absolute Gasteiger partial charge is 0.317 e. The van der Waals surface area contributed by atoms with Gasteiger partial charge in [0.15, 0.2) is 0 Å². The van der Waals surface area contributed by atoms with Gasteiger partial charge in [0.1, 0.15) is 0 Å². The highest BCUT2D eigenvalue weighted by atomic mass is 16.4. The summed E-state index contributed by atoms with van der Waals surface area (Å²) in [4.78, 5) is 26.8. The molecule has 2 N–H and O–H groups in total. The van der Waals surface area contributed by atoms with Gasteiger partial charge in [0.25, 0.3) is 0 Å². The van der Waals surface area contributed by atoms with Crippen LogP contribution in [0.3, 0.4) is 0 Å². The summed E-state index contributed by atoms with van der Waals surface area (Å²) in [7, 11) is 2.09. The van der Waals surface area contributed by atoms with Crippen molar-refractivity contribution in [3.63, 3.8) is 0 Å². The molecule has 116 valence electrons. The Morgan fingerprint density at radius 3 is 2.60 bits per heavy atom. The van der Waals surface area contributed by atoms with Crippen molar-refractivity contribution >= 4 is 12.0 Å². The molecule has 0 radical (unpaired) electrons. The van der Waals surface area contributed by atoms with Gasteiger partial charge in [-0.25, -0.2) is 4.79 Å². The first kappa shape index (κ1) is 16.8. The topological polar surface area (TPSA) is 72.9 Å². The van der Waals surface area contributed by atoms with E-state index in [1.165, 1.54) is 0 Å². The van der Waals surface area contributed by atoms with Crippen molar-refractivity contribution in [3.05, 3.63) is 0 Å². The molecule has 1 fully saturated rings. The molecule has 0 aromatic rings. The molecular formula is C14H27N3O3. The number of aliphatic carboxylic acids is 1. The van der Waals surface area contributed by atoms with Crippen molar-refractivity contribution < 1.29 is 14.7 Å². The number of amides is 2. The Morgan fingerprint density at radius 1 is 1.45 bits per heavy atom. The summed E-state index contributed by atoms with van der Waals surface area (Å²) < 4.78 is 0. The van der Waals surface area contributed by atoms with Gasteiger partial charge in [-0.1, -0.05) is 0 Å². The lowest BCUT2D eigenvalue weighted by molar-refractivity contribution is -0.137. The van der Waals surface area contributed by atoms with E-state index < -0.39 is 5.97 Å². The third kappa shape index (κ3) is 5.00. The van der Waals surface area contributed by atoms with E-state index >= 15 is 0 Å². The van der Waals surface area contributed by atoms with Gasteiger partial charge in [0, 0.05) is 31.2 Å². The lowest BCUT2D eigenvalue weighted by atomic mass is 9.99. The third-order valence-corrected chi connectivity index (χ3v) is 3.99. The standard InChI is InChI=1S/C14H27N3O3/c1-10(2)17(8-6-13(18)19)14(20)15-12-5-7-16(4)11(3)9-12/h10-12H,5-9H2,1-4H3,(H,15,20)(H,18,19). The van der Waals surface area contributed by atoms with Crippen molar-refractivity contribution in [2.75, 3.05) is 20.1 Å². The molecule has 2 unspecified atom stereocenters. The van der Waals surface area contributed by atoms with Gasteiger partial charge in [-0.05, 0) is 40.7 Å². The molecule has 0 spiro atoms. The van der Waals surface area contributed by atoms with Gasteiger partial charge in [-0.3, -0.25) is 4.79 Å². The maximum atomic E-state index is 12.3. The highest BCUT2D eigenvalue weighted by Crippen LogP contribution is 2.15. The van der Waals surface area contributed by atoms with Crippen LogP contribution in [0.15, 0.2) is 0 Å². The molecule has 0 aromatic carbocycles.